The number of methoxy groups -OCH3 is 1. The van der Waals surface area contributed by atoms with Crippen LogP contribution < -0.4 is 10.1 Å². The van der Waals surface area contributed by atoms with Gasteiger partial charge in [0.1, 0.15) is 11.6 Å². The number of halogens is 1. The summed E-state index contributed by atoms with van der Waals surface area (Å²) in [5, 5.41) is 5.48. The summed E-state index contributed by atoms with van der Waals surface area (Å²) in [4.78, 5) is 4.33. The van der Waals surface area contributed by atoms with Crippen LogP contribution in [0.2, 0.25) is 0 Å². The number of alkyl halides is 1. The first-order valence-electron chi connectivity index (χ1n) is 5.51. The van der Waals surface area contributed by atoms with Crippen molar-refractivity contribution in [2.45, 2.75) is 12.3 Å². The molecule has 2 aromatic rings. The summed E-state index contributed by atoms with van der Waals surface area (Å²) in [5.41, 5.74) is 0. The first-order valence-corrected chi connectivity index (χ1v) is 5.95. The highest BCUT2D eigenvalue weighted by Gasteiger charge is 2.04. The van der Waals surface area contributed by atoms with Gasteiger partial charge in [-0.2, -0.15) is 0 Å². The average molecular weight is 251 g/mol. The van der Waals surface area contributed by atoms with Crippen LogP contribution in [0.15, 0.2) is 30.5 Å². The highest BCUT2D eigenvalue weighted by molar-refractivity contribution is 6.20. The topological polar surface area (TPSA) is 34.1 Å². The number of nitrogens with one attached hydrogen (secondary N) is 1. The Hall–Kier alpha value is -1.48. The summed E-state index contributed by atoms with van der Waals surface area (Å²) < 4.78 is 5.22. The van der Waals surface area contributed by atoms with Crippen molar-refractivity contribution in [2.24, 2.45) is 0 Å². The predicted octanol–water partition coefficient (Wildman–Crippen LogP) is 3.28. The second kappa shape index (κ2) is 5.23. The van der Waals surface area contributed by atoms with Crippen molar-refractivity contribution in [2.75, 3.05) is 19.0 Å². The fourth-order valence-electron chi connectivity index (χ4n) is 1.65. The number of hydrogen-bond donors (Lipinski definition) is 1. The second-order valence-electron chi connectivity index (χ2n) is 3.91. The van der Waals surface area contributed by atoms with E-state index in [9.17, 15) is 0 Å². The van der Waals surface area contributed by atoms with Crippen LogP contribution in [-0.4, -0.2) is 24.0 Å². The molecule has 1 aromatic heterocycles. The maximum Gasteiger partial charge on any atom is 0.133 e. The molecule has 3 nitrogen and oxygen atoms in total. The van der Waals surface area contributed by atoms with Crippen LogP contribution >= 0.6 is 11.6 Å². The highest BCUT2D eigenvalue weighted by Crippen LogP contribution is 2.25. The van der Waals surface area contributed by atoms with Crippen LogP contribution in [0.4, 0.5) is 5.82 Å². The smallest absolute Gasteiger partial charge is 0.133 e. The van der Waals surface area contributed by atoms with Crippen LogP contribution in [0.5, 0.6) is 5.75 Å². The number of benzene rings is 1. The molecule has 0 aliphatic rings. The summed E-state index contributed by atoms with van der Waals surface area (Å²) in [6.07, 6.45) is 1.79. The predicted molar refractivity (Wildman–Crippen MR) is 72.1 cm³/mol. The van der Waals surface area contributed by atoms with Crippen molar-refractivity contribution in [3.05, 3.63) is 30.5 Å². The Morgan fingerprint density at radius 1 is 1.41 bits per heavy atom. The Balaban J connectivity index is 2.39. The van der Waals surface area contributed by atoms with Crippen molar-refractivity contribution in [3.63, 3.8) is 0 Å². The number of anilines is 1. The normalized spacial score (nSPS) is 12.4. The Morgan fingerprint density at radius 3 is 2.94 bits per heavy atom. The van der Waals surface area contributed by atoms with E-state index < -0.39 is 0 Å². The van der Waals surface area contributed by atoms with E-state index in [1.165, 1.54) is 0 Å². The molecule has 1 aromatic carbocycles. The monoisotopic (exact) mass is 250 g/mol. The molecular weight excluding hydrogens is 236 g/mol. The first-order chi connectivity index (χ1) is 8.20. The Bertz CT molecular complexity index is 514. The molecule has 0 bridgehead atoms. The van der Waals surface area contributed by atoms with Crippen LogP contribution in [0, 0.1) is 0 Å². The van der Waals surface area contributed by atoms with E-state index in [0.29, 0.717) is 6.54 Å². The van der Waals surface area contributed by atoms with Gasteiger partial charge in [-0.1, -0.05) is 6.07 Å². The van der Waals surface area contributed by atoms with E-state index in [1.54, 1.807) is 13.3 Å². The Kier molecular flexibility index (Phi) is 3.69. The lowest BCUT2D eigenvalue weighted by Crippen LogP contribution is -2.11. The third-order valence-electron chi connectivity index (χ3n) is 2.52. The van der Waals surface area contributed by atoms with Gasteiger partial charge in [-0.25, -0.2) is 4.98 Å². The molecule has 17 heavy (non-hydrogen) atoms. The van der Waals surface area contributed by atoms with Gasteiger partial charge in [-0.05, 0) is 30.5 Å². The standard InChI is InChI=1S/C13H15ClN2O/c1-9(14)8-16-13-12-7-11(17-2)4-3-10(12)5-6-15-13/h3-7,9H,8H2,1-2H3,(H,15,16). The molecule has 0 spiro atoms. The Labute approximate surface area is 106 Å². The van der Waals surface area contributed by atoms with Crippen LogP contribution in [-0.2, 0) is 0 Å². The molecule has 90 valence electrons. The van der Waals surface area contributed by atoms with Gasteiger partial charge in [0, 0.05) is 23.5 Å². The van der Waals surface area contributed by atoms with E-state index in [-0.39, 0.29) is 5.38 Å². The third-order valence-corrected chi connectivity index (χ3v) is 2.68. The van der Waals surface area contributed by atoms with Crippen LogP contribution in [0.25, 0.3) is 10.8 Å². The molecule has 1 heterocycles. The number of rotatable bonds is 4. The SMILES string of the molecule is COc1ccc2ccnc(NCC(C)Cl)c2c1. The van der Waals surface area contributed by atoms with Gasteiger partial charge >= 0.3 is 0 Å². The molecule has 0 fully saturated rings. The molecule has 4 heteroatoms. The third kappa shape index (κ3) is 2.80. The van der Waals surface area contributed by atoms with Gasteiger partial charge in [-0.3, -0.25) is 0 Å². The minimum Gasteiger partial charge on any atom is -0.497 e. The largest absolute Gasteiger partial charge is 0.497 e. The minimum atomic E-state index is 0.0673. The van der Waals surface area contributed by atoms with Crippen molar-refractivity contribution in [1.29, 1.82) is 0 Å². The fourth-order valence-corrected chi connectivity index (χ4v) is 1.73. The van der Waals surface area contributed by atoms with Gasteiger partial charge in [0.15, 0.2) is 0 Å². The summed E-state index contributed by atoms with van der Waals surface area (Å²) in [6, 6.07) is 7.91. The zero-order valence-corrected chi connectivity index (χ0v) is 10.7. The van der Waals surface area contributed by atoms with Crippen LogP contribution in [0.3, 0.4) is 0 Å². The molecule has 0 amide bonds. The molecule has 1 N–H and O–H groups in total. The van der Waals surface area contributed by atoms with E-state index in [4.69, 9.17) is 16.3 Å². The van der Waals surface area contributed by atoms with E-state index in [1.807, 2.05) is 31.2 Å². The lowest BCUT2D eigenvalue weighted by Gasteiger charge is -2.10. The number of fused-ring (bicyclic) bond motifs is 1. The van der Waals surface area contributed by atoms with Gasteiger partial charge in [-0.15, -0.1) is 11.6 Å². The van der Waals surface area contributed by atoms with Crippen LogP contribution in [0.1, 0.15) is 6.92 Å². The Morgan fingerprint density at radius 2 is 2.24 bits per heavy atom. The molecule has 2 rings (SSSR count). The molecule has 0 saturated carbocycles. The molecule has 0 aliphatic heterocycles. The molecule has 0 aliphatic carbocycles. The molecule has 1 unspecified atom stereocenters. The number of nitrogens with zero attached hydrogens (tertiary/aromatic N) is 1. The summed E-state index contributed by atoms with van der Waals surface area (Å²) in [6.45, 7) is 2.63. The lowest BCUT2D eigenvalue weighted by molar-refractivity contribution is 0.415. The lowest BCUT2D eigenvalue weighted by atomic mass is 10.1. The number of aromatic nitrogens is 1. The van der Waals surface area contributed by atoms with Gasteiger partial charge in [0.2, 0.25) is 0 Å². The molecule has 0 radical (unpaired) electrons. The van der Waals surface area contributed by atoms with E-state index >= 15 is 0 Å². The maximum atomic E-state index is 5.92. The number of hydrogen-bond acceptors (Lipinski definition) is 3. The first kappa shape index (κ1) is 12.0. The maximum absolute atomic E-state index is 5.92. The van der Waals surface area contributed by atoms with Gasteiger partial charge < -0.3 is 10.1 Å². The zero-order valence-electron chi connectivity index (χ0n) is 9.90. The number of pyridine rings is 1. The molecule has 0 saturated heterocycles. The highest BCUT2D eigenvalue weighted by atomic mass is 35.5. The molecule has 1 atom stereocenters. The minimum absolute atomic E-state index is 0.0673. The van der Waals surface area contributed by atoms with Gasteiger partial charge in [0.25, 0.3) is 0 Å². The van der Waals surface area contributed by atoms with Crippen molar-refractivity contribution in [1.82, 2.24) is 4.98 Å². The summed E-state index contributed by atoms with van der Waals surface area (Å²) >= 11 is 5.92. The number of ether oxygens (including phenoxy) is 1. The van der Waals surface area contributed by atoms with Crippen molar-refractivity contribution >= 4 is 28.2 Å². The summed E-state index contributed by atoms with van der Waals surface area (Å²) in [7, 11) is 1.66. The van der Waals surface area contributed by atoms with Gasteiger partial charge in [0.05, 0.1) is 7.11 Å². The van der Waals surface area contributed by atoms with Crippen molar-refractivity contribution in [3.8, 4) is 5.75 Å². The molecular formula is C13H15ClN2O. The van der Waals surface area contributed by atoms with E-state index in [0.717, 1.165) is 22.3 Å². The summed E-state index contributed by atoms with van der Waals surface area (Å²) in [5.74, 6) is 1.67. The second-order valence-corrected chi connectivity index (χ2v) is 4.65. The fraction of sp³-hybridized carbons (Fsp3) is 0.308. The van der Waals surface area contributed by atoms with Crippen molar-refractivity contribution < 1.29 is 4.74 Å². The average Bonchev–Trinajstić information content (AvgIpc) is 2.35. The quantitative estimate of drug-likeness (QED) is 0.846. The zero-order chi connectivity index (χ0) is 12.3. The van der Waals surface area contributed by atoms with E-state index in [2.05, 4.69) is 10.3 Å².